The summed E-state index contributed by atoms with van der Waals surface area (Å²) in [6, 6.07) is 11.4. The predicted molar refractivity (Wildman–Crippen MR) is 109 cm³/mol. The number of aromatic amines is 1. The molecular formula is C21H21N5O2. The zero-order valence-electron chi connectivity index (χ0n) is 15.8. The van der Waals surface area contributed by atoms with E-state index in [2.05, 4.69) is 9.97 Å². The fraction of sp³-hybridized carbons (Fsp3) is 0.190. The maximum atomic E-state index is 12.1. The molecule has 0 spiro atoms. The monoisotopic (exact) mass is 375 g/mol. The molecule has 0 fully saturated rings. The molecule has 0 atom stereocenters. The number of pyridine rings is 1. The van der Waals surface area contributed by atoms with E-state index in [4.69, 9.17) is 15.6 Å². The van der Waals surface area contributed by atoms with Crippen LogP contribution in [0.5, 0.6) is 0 Å². The van der Waals surface area contributed by atoms with E-state index in [0.29, 0.717) is 23.6 Å². The van der Waals surface area contributed by atoms with Gasteiger partial charge in [-0.2, -0.15) is 5.10 Å². The van der Waals surface area contributed by atoms with Crippen LogP contribution in [0.3, 0.4) is 0 Å². The number of carbonyl (C=O) groups excluding carboxylic acids is 1. The fourth-order valence-electron chi connectivity index (χ4n) is 3.26. The van der Waals surface area contributed by atoms with E-state index < -0.39 is 5.97 Å². The predicted octanol–water partition coefficient (Wildman–Crippen LogP) is 3.87. The lowest BCUT2D eigenvalue weighted by Gasteiger charge is -2.05. The van der Waals surface area contributed by atoms with Crippen molar-refractivity contribution in [3.05, 3.63) is 54.5 Å². The van der Waals surface area contributed by atoms with Crippen molar-refractivity contribution in [2.75, 3.05) is 12.3 Å². The molecule has 0 unspecified atom stereocenters. The third kappa shape index (κ3) is 3.11. The van der Waals surface area contributed by atoms with E-state index in [1.165, 1.54) is 0 Å². The topological polar surface area (TPSA) is 98.8 Å². The number of fused-ring (bicyclic) bond motifs is 1. The largest absolute Gasteiger partial charge is 0.461 e. The van der Waals surface area contributed by atoms with E-state index in [0.717, 1.165) is 34.3 Å². The number of H-pyrrole nitrogens is 1. The highest BCUT2D eigenvalue weighted by Crippen LogP contribution is 2.35. The number of carbonyl (C=O) groups is 1. The Balaban J connectivity index is 1.91. The number of benzene rings is 1. The van der Waals surface area contributed by atoms with Crippen LogP contribution in [0.2, 0.25) is 0 Å². The molecule has 0 saturated heterocycles. The Morgan fingerprint density at radius 3 is 2.82 bits per heavy atom. The van der Waals surface area contributed by atoms with Gasteiger partial charge in [0.25, 0.3) is 0 Å². The zero-order valence-corrected chi connectivity index (χ0v) is 15.8. The number of nitrogens with zero attached hydrogens (tertiary/aromatic N) is 3. The Bertz CT molecular complexity index is 1160. The lowest BCUT2D eigenvalue weighted by molar-refractivity contribution is 0.0520. The first-order valence-corrected chi connectivity index (χ1v) is 9.19. The van der Waals surface area contributed by atoms with Gasteiger partial charge in [-0.05, 0) is 43.7 Å². The molecule has 0 aliphatic carbocycles. The molecule has 4 rings (SSSR count). The molecule has 7 nitrogen and oxygen atoms in total. The quantitative estimate of drug-likeness (QED) is 0.407. The summed E-state index contributed by atoms with van der Waals surface area (Å²) in [5.74, 6) is -0.397. The van der Waals surface area contributed by atoms with E-state index in [1.54, 1.807) is 19.2 Å². The normalized spacial score (nSPS) is 11.1. The van der Waals surface area contributed by atoms with Crippen molar-refractivity contribution in [2.24, 2.45) is 0 Å². The number of nitrogens with one attached hydrogen (secondary N) is 1. The van der Waals surface area contributed by atoms with Gasteiger partial charge in [-0.15, -0.1) is 0 Å². The summed E-state index contributed by atoms with van der Waals surface area (Å²) in [4.78, 5) is 19.5. The summed E-state index contributed by atoms with van der Waals surface area (Å²) in [5.41, 5.74) is 11.3. The van der Waals surface area contributed by atoms with Crippen LogP contribution in [0.4, 0.5) is 5.69 Å². The summed E-state index contributed by atoms with van der Waals surface area (Å²) in [6.45, 7) is 4.88. The molecule has 0 saturated carbocycles. The Hall–Kier alpha value is -3.61. The highest BCUT2D eigenvalue weighted by molar-refractivity contribution is 6.01. The average Bonchev–Trinajstić information content (AvgIpc) is 3.32. The first-order valence-electron chi connectivity index (χ1n) is 9.19. The highest BCUT2D eigenvalue weighted by Gasteiger charge is 2.18. The number of nitrogens with two attached hydrogens (primary N) is 1. The minimum atomic E-state index is -0.397. The maximum Gasteiger partial charge on any atom is 0.354 e. The molecule has 1 aromatic carbocycles. The van der Waals surface area contributed by atoms with Gasteiger partial charge in [0.2, 0.25) is 0 Å². The minimum Gasteiger partial charge on any atom is -0.461 e. The van der Waals surface area contributed by atoms with Crippen LogP contribution in [0, 0.1) is 0 Å². The number of ether oxygens (including phenoxy) is 1. The van der Waals surface area contributed by atoms with Crippen molar-refractivity contribution in [2.45, 2.75) is 20.4 Å². The molecule has 3 aromatic heterocycles. The van der Waals surface area contributed by atoms with E-state index in [-0.39, 0.29) is 0 Å². The zero-order chi connectivity index (χ0) is 19.7. The number of hydrogen-bond donors (Lipinski definition) is 2. The molecule has 4 aromatic rings. The molecule has 3 N–H and O–H groups in total. The van der Waals surface area contributed by atoms with Gasteiger partial charge >= 0.3 is 5.97 Å². The van der Waals surface area contributed by atoms with Crippen molar-refractivity contribution < 1.29 is 9.53 Å². The van der Waals surface area contributed by atoms with Crippen LogP contribution in [0.1, 0.15) is 24.3 Å². The average molecular weight is 375 g/mol. The molecule has 28 heavy (non-hydrogen) atoms. The van der Waals surface area contributed by atoms with Gasteiger partial charge < -0.3 is 15.5 Å². The summed E-state index contributed by atoms with van der Waals surface area (Å²) >= 11 is 0. The van der Waals surface area contributed by atoms with Crippen LogP contribution in [0.15, 0.2) is 48.8 Å². The highest BCUT2D eigenvalue weighted by atomic mass is 16.5. The van der Waals surface area contributed by atoms with Gasteiger partial charge in [0, 0.05) is 41.1 Å². The van der Waals surface area contributed by atoms with E-state index in [1.807, 2.05) is 48.1 Å². The Labute approximate surface area is 162 Å². The minimum absolute atomic E-state index is 0.317. The first kappa shape index (κ1) is 17.8. The molecule has 0 aliphatic rings. The summed E-state index contributed by atoms with van der Waals surface area (Å²) < 4.78 is 6.99. The molecule has 0 radical (unpaired) electrons. The van der Waals surface area contributed by atoms with Crippen LogP contribution in [0.25, 0.3) is 33.4 Å². The smallest absolute Gasteiger partial charge is 0.354 e. The third-order valence-electron chi connectivity index (χ3n) is 4.56. The molecule has 142 valence electrons. The molecule has 7 heteroatoms. The summed E-state index contributed by atoms with van der Waals surface area (Å²) in [7, 11) is 0. The lowest BCUT2D eigenvalue weighted by Crippen LogP contribution is -2.04. The van der Waals surface area contributed by atoms with Crippen molar-refractivity contribution in [1.29, 1.82) is 0 Å². The van der Waals surface area contributed by atoms with Crippen LogP contribution < -0.4 is 5.73 Å². The van der Waals surface area contributed by atoms with Gasteiger partial charge in [0.05, 0.1) is 6.61 Å². The maximum absolute atomic E-state index is 12.1. The number of aromatic nitrogens is 4. The summed E-state index contributed by atoms with van der Waals surface area (Å²) in [5, 5.41) is 5.57. The van der Waals surface area contributed by atoms with Gasteiger partial charge in [-0.25, -0.2) is 9.78 Å². The number of hydrogen-bond acceptors (Lipinski definition) is 5. The molecule has 3 heterocycles. The van der Waals surface area contributed by atoms with Crippen LogP contribution >= 0.6 is 0 Å². The third-order valence-corrected chi connectivity index (χ3v) is 4.56. The Morgan fingerprint density at radius 2 is 2.07 bits per heavy atom. The number of rotatable bonds is 5. The number of anilines is 1. The number of aryl methyl sites for hydroxylation is 1. The van der Waals surface area contributed by atoms with Crippen molar-refractivity contribution >= 4 is 22.7 Å². The molecule has 0 amide bonds. The first-order chi connectivity index (χ1) is 13.6. The SMILES string of the molecule is CCOC(=O)c1cc2c(-c3cn(CC)nc3-c3cccc(N)c3)ccnc2[nH]1. The van der Waals surface area contributed by atoms with E-state index >= 15 is 0 Å². The summed E-state index contributed by atoms with van der Waals surface area (Å²) in [6.07, 6.45) is 3.72. The van der Waals surface area contributed by atoms with Gasteiger partial charge in [-0.1, -0.05) is 12.1 Å². The molecular weight excluding hydrogens is 354 g/mol. The Kier molecular flexibility index (Phi) is 4.57. The van der Waals surface area contributed by atoms with Crippen molar-refractivity contribution in [3.8, 4) is 22.4 Å². The van der Waals surface area contributed by atoms with Gasteiger partial charge in [-0.3, -0.25) is 4.68 Å². The van der Waals surface area contributed by atoms with E-state index in [9.17, 15) is 4.79 Å². The van der Waals surface area contributed by atoms with Crippen molar-refractivity contribution in [1.82, 2.24) is 19.7 Å². The van der Waals surface area contributed by atoms with Gasteiger partial charge in [0.1, 0.15) is 17.0 Å². The second kappa shape index (κ2) is 7.19. The standard InChI is InChI=1S/C21H21N5O2/c1-3-26-12-17(19(25-26)13-6-5-7-14(22)10-13)15-8-9-23-20-16(15)11-18(24-20)21(27)28-4-2/h5-12H,3-4,22H2,1-2H3,(H,23,24). The lowest BCUT2D eigenvalue weighted by atomic mass is 10.00. The number of nitrogen functional groups attached to an aromatic ring is 1. The Morgan fingerprint density at radius 1 is 1.21 bits per heavy atom. The molecule has 0 bridgehead atoms. The fourth-order valence-corrected chi connectivity index (χ4v) is 3.26. The van der Waals surface area contributed by atoms with Crippen LogP contribution in [-0.2, 0) is 11.3 Å². The second-order valence-electron chi connectivity index (χ2n) is 6.40. The molecule has 0 aliphatic heterocycles. The second-order valence-corrected chi connectivity index (χ2v) is 6.40. The van der Waals surface area contributed by atoms with Gasteiger partial charge in [0.15, 0.2) is 0 Å². The number of esters is 1. The van der Waals surface area contributed by atoms with Crippen LogP contribution in [-0.4, -0.2) is 32.3 Å². The van der Waals surface area contributed by atoms with Crippen molar-refractivity contribution in [3.63, 3.8) is 0 Å².